The summed E-state index contributed by atoms with van der Waals surface area (Å²) in [6, 6.07) is 20.2. The number of ether oxygens (including phenoxy) is 1. The van der Waals surface area contributed by atoms with E-state index >= 15 is 0 Å². The highest BCUT2D eigenvalue weighted by molar-refractivity contribution is 7.13. The number of aliphatic hydroxyl groups excluding tert-OH is 1. The third kappa shape index (κ3) is 15.9. The molecule has 2 aromatic heterocycles. The van der Waals surface area contributed by atoms with Gasteiger partial charge in [0, 0.05) is 50.8 Å². The first-order valence-electron chi connectivity index (χ1n) is 24.2. The van der Waals surface area contributed by atoms with E-state index in [1.165, 1.54) is 4.90 Å². The van der Waals surface area contributed by atoms with Crippen LogP contribution >= 0.6 is 11.3 Å². The summed E-state index contributed by atoms with van der Waals surface area (Å²) in [6.45, 7) is 9.20. The maximum atomic E-state index is 14.0. The summed E-state index contributed by atoms with van der Waals surface area (Å²) in [4.78, 5) is 72.3. The quantitative estimate of drug-likeness (QED) is 0.0264. The van der Waals surface area contributed by atoms with Crippen molar-refractivity contribution in [3.63, 3.8) is 0 Å². The topological polar surface area (TPSA) is 236 Å². The van der Waals surface area contributed by atoms with Crippen molar-refractivity contribution in [2.24, 2.45) is 5.41 Å². The molecule has 1 saturated heterocycles. The highest BCUT2D eigenvalue weighted by Gasteiger charge is 2.44. The number of nitrogens with two attached hydrogens (primary N) is 1. The van der Waals surface area contributed by atoms with Crippen molar-refractivity contribution in [1.29, 1.82) is 0 Å². The number of carbonyl (C=O) groups is 5. The molecule has 7 N–H and O–H groups in total. The number of aromatic nitrogens is 4. The molecule has 70 heavy (non-hydrogen) atoms. The standard InChI is InChI=1S/C52H68N10O7S/c1-35-46(70-34-56-35)38-23-19-36(20-24-38)30-54-49(66)44-29-41(63)33-62(44)50(67)47(52(2,3)4)58-45(64)18-10-8-6-5-7-9-13-27-61-32-40(59-60-61)15-14-28-69-51(68)55-31-37-21-25-39(26-22-37)48(65)57-43-17-12-11-16-42(43)53/h11-12,16-17,19-26,32,34,41,44,47,63H,5-10,13-15,18,27-31,33,53H2,1-4H3,(H,54,66)(H,55,68)(H,57,65)(H,58,64). The molecule has 17 nitrogen and oxygen atoms in total. The molecule has 374 valence electrons. The van der Waals surface area contributed by atoms with Crippen LogP contribution in [0.2, 0.25) is 0 Å². The number of nitrogens with one attached hydrogen (secondary N) is 4. The number of anilines is 2. The molecule has 1 aliphatic heterocycles. The van der Waals surface area contributed by atoms with Crippen molar-refractivity contribution in [2.45, 2.75) is 136 Å². The summed E-state index contributed by atoms with van der Waals surface area (Å²) < 4.78 is 7.17. The van der Waals surface area contributed by atoms with Gasteiger partial charge in [0.2, 0.25) is 17.7 Å². The number of unbranched alkanes of at least 4 members (excludes halogenated alkanes) is 6. The van der Waals surface area contributed by atoms with Gasteiger partial charge in [0.05, 0.1) is 45.9 Å². The van der Waals surface area contributed by atoms with E-state index in [2.05, 4.69) is 36.6 Å². The zero-order chi connectivity index (χ0) is 50.0. The van der Waals surface area contributed by atoms with Crippen molar-refractivity contribution in [3.8, 4) is 10.4 Å². The number of thiazole rings is 1. The van der Waals surface area contributed by atoms with Crippen molar-refractivity contribution < 1.29 is 33.8 Å². The van der Waals surface area contributed by atoms with E-state index in [0.29, 0.717) is 42.6 Å². The Labute approximate surface area is 414 Å². The van der Waals surface area contributed by atoms with Crippen molar-refractivity contribution in [1.82, 2.24) is 40.8 Å². The fourth-order valence-corrected chi connectivity index (χ4v) is 9.05. The lowest BCUT2D eigenvalue weighted by Gasteiger charge is -2.35. The second-order valence-corrected chi connectivity index (χ2v) is 19.8. The second-order valence-electron chi connectivity index (χ2n) is 19.0. The molecule has 6 rings (SSSR count). The molecule has 5 aromatic rings. The van der Waals surface area contributed by atoms with Crippen molar-refractivity contribution in [3.05, 3.63) is 113 Å². The number of benzene rings is 3. The maximum absolute atomic E-state index is 14.0. The van der Waals surface area contributed by atoms with E-state index < -0.39 is 29.7 Å². The molecule has 18 heteroatoms. The van der Waals surface area contributed by atoms with E-state index in [0.717, 1.165) is 78.0 Å². The van der Waals surface area contributed by atoms with Crippen molar-refractivity contribution >= 4 is 52.4 Å². The first-order chi connectivity index (χ1) is 33.6. The first kappa shape index (κ1) is 52.7. The van der Waals surface area contributed by atoms with Gasteiger partial charge in [-0.05, 0) is 79.0 Å². The summed E-state index contributed by atoms with van der Waals surface area (Å²) in [5.41, 5.74) is 13.2. The van der Waals surface area contributed by atoms with Crippen LogP contribution in [0, 0.1) is 12.3 Å². The Morgan fingerprint density at radius 2 is 1.54 bits per heavy atom. The Morgan fingerprint density at radius 1 is 0.871 bits per heavy atom. The lowest BCUT2D eigenvalue weighted by Crippen LogP contribution is -2.57. The van der Waals surface area contributed by atoms with Gasteiger partial charge in [-0.25, -0.2) is 9.78 Å². The summed E-state index contributed by atoms with van der Waals surface area (Å²) >= 11 is 1.58. The Bertz CT molecular complexity index is 2500. The fourth-order valence-electron chi connectivity index (χ4n) is 8.24. The van der Waals surface area contributed by atoms with Gasteiger partial charge in [0.15, 0.2) is 0 Å². The van der Waals surface area contributed by atoms with Gasteiger partial charge in [-0.3, -0.25) is 23.9 Å². The fraction of sp³-hybridized carbons (Fsp3) is 0.462. The van der Waals surface area contributed by atoms with Crippen LogP contribution in [-0.4, -0.2) is 91.0 Å². The predicted molar refractivity (Wildman–Crippen MR) is 270 cm³/mol. The van der Waals surface area contributed by atoms with Gasteiger partial charge < -0.3 is 41.7 Å². The number of aryl methyl sites for hydroxylation is 3. The minimum atomic E-state index is -0.856. The number of para-hydroxylation sites is 2. The summed E-state index contributed by atoms with van der Waals surface area (Å²) in [5.74, 6) is -1.18. The lowest BCUT2D eigenvalue weighted by molar-refractivity contribution is -0.144. The zero-order valence-electron chi connectivity index (χ0n) is 40.7. The number of nitrogens with zero attached hydrogens (tertiary/aromatic N) is 5. The minimum absolute atomic E-state index is 0.0277. The van der Waals surface area contributed by atoms with Crippen LogP contribution < -0.4 is 27.0 Å². The van der Waals surface area contributed by atoms with Crippen LogP contribution in [0.1, 0.15) is 118 Å². The average molecular weight is 977 g/mol. The number of carbonyl (C=O) groups excluding carboxylic acids is 5. The highest BCUT2D eigenvalue weighted by Crippen LogP contribution is 2.29. The number of β-amino-alcohol motifs (C(OH)–C–C–N with tert-alkyl or cyclic N) is 1. The molecule has 3 atom stereocenters. The summed E-state index contributed by atoms with van der Waals surface area (Å²) in [5, 5.41) is 30.5. The molecule has 0 bridgehead atoms. The Balaban J connectivity index is 0.794. The zero-order valence-corrected chi connectivity index (χ0v) is 41.6. The van der Waals surface area contributed by atoms with Gasteiger partial charge in [-0.15, -0.1) is 16.4 Å². The monoisotopic (exact) mass is 976 g/mol. The van der Waals surface area contributed by atoms with E-state index in [9.17, 15) is 29.1 Å². The van der Waals surface area contributed by atoms with E-state index in [4.69, 9.17) is 10.5 Å². The number of nitrogen functional groups attached to an aromatic ring is 1. The van der Waals surface area contributed by atoms with Crippen LogP contribution in [-0.2, 0) is 45.2 Å². The summed E-state index contributed by atoms with van der Waals surface area (Å²) in [7, 11) is 0. The minimum Gasteiger partial charge on any atom is -0.450 e. The van der Waals surface area contributed by atoms with Gasteiger partial charge in [0.1, 0.15) is 12.1 Å². The van der Waals surface area contributed by atoms with E-state index in [1.807, 2.05) is 68.3 Å². The van der Waals surface area contributed by atoms with Gasteiger partial charge >= 0.3 is 6.09 Å². The molecular formula is C52H68N10O7S. The van der Waals surface area contributed by atoms with Crippen LogP contribution in [0.5, 0.6) is 0 Å². The van der Waals surface area contributed by atoms with Crippen LogP contribution in [0.25, 0.3) is 10.4 Å². The average Bonchev–Trinajstić information content (AvgIpc) is 4.10. The molecule has 0 radical (unpaired) electrons. The number of aliphatic hydroxyl groups is 1. The predicted octanol–water partition coefficient (Wildman–Crippen LogP) is 7.33. The molecule has 1 fully saturated rings. The van der Waals surface area contributed by atoms with Gasteiger partial charge in [-0.1, -0.05) is 107 Å². The van der Waals surface area contributed by atoms with Crippen molar-refractivity contribution in [2.75, 3.05) is 24.2 Å². The molecule has 0 saturated carbocycles. The number of amides is 5. The van der Waals surface area contributed by atoms with Crippen LogP contribution in [0.3, 0.4) is 0 Å². The third-order valence-corrected chi connectivity index (χ3v) is 13.2. The Hall–Kier alpha value is -6.66. The third-order valence-electron chi connectivity index (χ3n) is 12.3. The molecule has 5 amide bonds. The molecule has 1 aliphatic rings. The van der Waals surface area contributed by atoms with E-state index in [-0.39, 0.29) is 56.3 Å². The normalized spacial score (nSPS) is 15.0. The maximum Gasteiger partial charge on any atom is 0.407 e. The number of likely N-dealkylation sites (tertiary alicyclic amines) is 1. The smallest absolute Gasteiger partial charge is 0.407 e. The molecule has 3 aromatic carbocycles. The number of hydrogen-bond acceptors (Lipinski definition) is 12. The number of hydrogen-bond donors (Lipinski definition) is 6. The number of rotatable bonds is 24. The highest BCUT2D eigenvalue weighted by atomic mass is 32.1. The molecular weight excluding hydrogens is 909 g/mol. The molecule has 3 heterocycles. The SMILES string of the molecule is Cc1ncsc1-c1ccc(CNC(=O)C2CC(O)CN2C(=O)C(NC(=O)CCCCCCCCCn2cc(CCCOC(=O)NCc3ccc(C(=O)Nc4ccccc4N)cc3)nn2)C(C)(C)C)cc1. The Kier molecular flexibility index (Phi) is 19.4. The molecule has 0 spiro atoms. The molecule has 0 aliphatic carbocycles. The summed E-state index contributed by atoms with van der Waals surface area (Å²) in [6.07, 6.45) is 8.97. The van der Waals surface area contributed by atoms with Crippen LogP contribution in [0.15, 0.2) is 84.5 Å². The number of alkyl carbamates (subject to hydrolysis) is 1. The Morgan fingerprint density at radius 3 is 2.23 bits per heavy atom. The second kappa shape index (κ2) is 25.8. The van der Waals surface area contributed by atoms with E-state index in [1.54, 1.807) is 59.9 Å². The largest absolute Gasteiger partial charge is 0.450 e. The van der Waals surface area contributed by atoms with Crippen LogP contribution in [0.4, 0.5) is 16.2 Å². The first-order valence-corrected chi connectivity index (χ1v) is 25.1. The molecule has 3 unspecified atom stereocenters. The lowest BCUT2D eigenvalue weighted by atomic mass is 9.85. The van der Waals surface area contributed by atoms with Gasteiger partial charge in [0.25, 0.3) is 5.91 Å². The van der Waals surface area contributed by atoms with Gasteiger partial charge in [-0.2, -0.15) is 0 Å².